The minimum Gasteiger partial charge on any atom is -0.465 e. The number of esters is 1. The third-order valence-corrected chi connectivity index (χ3v) is 3.20. The van der Waals surface area contributed by atoms with Crippen molar-refractivity contribution in [1.29, 1.82) is 0 Å². The molecule has 6 heteroatoms. The number of carbonyl (C=O) groups excluding carboxylic acids is 1. The van der Waals surface area contributed by atoms with E-state index in [1.54, 1.807) is 19.2 Å². The molecule has 0 aliphatic rings. The fraction of sp³-hybridized carbons (Fsp3) is 0.167. The quantitative estimate of drug-likeness (QED) is 0.859. The molecule has 0 aliphatic heterocycles. The minimum atomic E-state index is -0.482. The number of pyridine rings is 1. The Labute approximate surface area is 114 Å². The summed E-state index contributed by atoms with van der Waals surface area (Å²) in [7, 11) is 3.00. The maximum Gasteiger partial charge on any atom is 0.341 e. The van der Waals surface area contributed by atoms with Crippen LogP contribution in [0.1, 0.15) is 10.4 Å². The molecule has 0 bridgehead atoms. The predicted molar refractivity (Wildman–Crippen MR) is 72.6 cm³/mol. The summed E-state index contributed by atoms with van der Waals surface area (Å²) in [5.74, 6) is -0.482. The van der Waals surface area contributed by atoms with Crippen LogP contribution >= 0.6 is 23.2 Å². The van der Waals surface area contributed by atoms with Gasteiger partial charge in [0.1, 0.15) is 5.56 Å². The van der Waals surface area contributed by atoms with Crippen LogP contribution in [-0.4, -0.2) is 25.1 Å². The van der Waals surface area contributed by atoms with Crippen LogP contribution in [0, 0.1) is 0 Å². The second-order valence-electron chi connectivity index (χ2n) is 3.54. The number of fused-ring (bicyclic) bond motifs is 1. The number of carbonyl (C=O) groups is 1. The molecule has 0 unspecified atom stereocenters. The van der Waals surface area contributed by atoms with Crippen molar-refractivity contribution in [1.82, 2.24) is 4.98 Å². The minimum absolute atomic E-state index is 0.316. The first-order chi connectivity index (χ1) is 8.60. The Bertz CT molecular complexity index is 629. The Morgan fingerprint density at radius 1 is 1.33 bits per heavy atom. The number of rotatable bonds is 2. The zero-order valence-corrected chi connectivity index (χ0v) is 11.3. The van der Waals surface area contributed by atoms with E-state index >= 15 is 0 Å². The number of hydrogen-bond acceptors (Lipinski definition) is 4. The van der Waals surface area contributed by atoms with Crippen molar-refractivity contribution >= 4 is 45.8 Å². The predicted octanol–water partition coefficient (Wildman–Crippen LogP) is 3.37. The van der Waals surface area contributed by atoms with Gasteiger partial charge in [-0.2, -0.15) is 0 Å². The molecule has 1 aromatic carbocycles. The molecule has 2 rings (SSSR count). The first-order valence-electron chi connectivity index (χ1n) is 5.13. The van der Waals surface area contributed by atoms with Crippen LogP contribution in [0.2, 0.25) is 10.0 Å². The lowest BCUT2D eigenvalue weighted by molar-refractivity contribution is 0.0601. The van der Waals surface area contributed by atoms with Gasteiger partial charge in [0.15, 0.2) is 0 Å². The van der Waals surface area contributed by atoms with E-state index in [1.807, 2.05) is 0 Å². The highest BCUT2D eigenvalue weighted by atomic mass is 35.5. The standard InChI is InChI=1S/C12H10Cl2N2O2/c1-15-10-6(12(17)18-2)5-16-11-8(14)4-3-7(13)9(10)11/h3-5H,1-2H3,(H,15,16). The van der Waals surface area contributed by atoms with Gasteiger partial charge in [0.2, 0.25) is 0 Å². The molecular formula is C12H10Cl2N2O2. The molecule has 1 heterocycles. The number of nitrogens with zero attached hydrogens (tertiary/aromatic N) is 1. The molecule has 0 saturated carbocycles. The average molecular weight is 285 g/mol. The molecule has 0 spiro atoms. The van der Waals surface area contributed by atoms with Crippen LogP contribution in [0.15, 0.2) is 18.3 Å². The number of benzene rings is 1. The number of halogens is 2. The van der Waals surface area contributed by atoms with Gasteiger partial charge in [0.25, 0.3) is 0 Å². The van der Waals surface area contributed by atoms with Crippen molar-refractivity contribution < 1.29 is 9.53 Å². The highest BCUT2D eigenvalue weighted by molar-refractivity contribution is 6.41. The molecule has 0 saturated heterocycles. The van der Waals surface area contributed by atoms with Crippen molar-refractivity contribution in [2.45, 2.75) is 0 Å². The molecular weight excluding hydrogens is 275 g/mol. The summed E-state index contributed by atoms with van der Waals surface area (Å²) in [4.78, 5) is 15.8. The summed E-state index contributed by atoms with van der Waals surface area (Å²) in [6.45, 7) is 0. The fourth-order valence-electron chi connectivity index (χ4n) is 1.76. The smallest absolute Gasteiger partial charge is 0.341 e. The van der Waals surface area contributed by atoms with E-state index in [1.165, 1.54) is 13.3 Å². The molecule has 0 amide bonds. The monoisotopic (exact) mass is 284 g/mol. The molecule has 0 radical (unpaired) electrons. The van der Waals surface area contributed by atoms with Crippen molar-refractivity contribution in [3.63, 3.8) is 0 Å². The number of methoxy groups -OCH3 is 1. The molecule has 18 heavy (non-hydrogen) atoms. The lowest BCUT2D eigenvalue weighted by Gasteiger charge is -2.12. The summed E-state index contributed by atoms with van der Waals surface area (Å²) in [5.41, 5.74) is 1.41. The van der Waals surface area contributed by atoms with Gasteiger partial charge in [-0.3, -0.25) is 4.98 Å². The summed E-state index contributed by atoms with van der Waals surface area (Å²) < 4.78 is 4.70. The van der Waals surface area contributed by atoms with E-state index in [9.17, 15) is 4.79 Å². The average Bonchev–Trinajstić information content (AvgIpc) is 2.40. The van der Waals surface area contributed by atoms with Crippen molar-refractivity contribution in [3.05, 3.63) is 33.9 Å². The molecule has 2 aromatic rings. The van der Waals surface area contributed by atoms with E-state index < -0.39 is 5.97 Å². The number of aromatic nitrogens is 1. The molecule has 1 aromatic heterocycles. The van der Waals surface area contributed by atoms with Crippen LogP contribution in [0.25, 0.3) is 10.9 Å². The Hall–Kier alpha value is -1.52. The van der Waals surface area contributed by atoms with Crippen molar-refractivity contribution in [3.8, 4) is 0 Å². The Balaban J connectivity index is 2.87. The Morgan fingerprint density at radius 2 is 2.00 bits per heavy atom. The van der Waals surface area contributed by atoms with E-state index in [-0.39, 0.29) is 0 Å². The summed E-state index contributed by atoms with van der Waals surface area (Å²) in [6.07, 6.45) is 1.42. The topological polar surface area (TPSA) is 51.2 Å². The molecule has 0 aliphatic carbocycles. The highest BCUT2D eigenvalue weighted by Gasteiger charge is 2.18. The van der Waals surface area contributed by atoms with Gasteiger partial charge < -0.3 is 10.1 Å². The number of hydrogen-bond donors (Lipinski definition) is 1. The summed E-state index contributed by atoms with van der Waals surface area (Å²) in [6, 6.07) is 3.33. The van der Waals surface area contributed by atoms with E-state index in [4.69, 9.17) is 27.9 Å². The normalized spacial score (nSPS) is 10.4. The van der Waals surface area contributed by atoms with Crippen molar-refractivity contribution in [2.75, 3.05) is 19.5 Å². The van der Waals surface area contributed by atoms with E-state index in [0.717, 1.165) is 0 Å². The third-order valence-electron chi connectivity index (χ3n) is 2.58. The largest absolute Gasteiger partial charge is 0.465 e. The second-order valence-corrected chi connectivity index (χ2v) is 4.36. The maximum atomic E-state index is 11.7. The Kier molecular flexibility index (Phi) is 3.59. The van der Waals surface area contributed by atoms with E-state index in [2.05, 4.69) is 10.3 Å². The zero-order chi connectivity index (χ0) is 13.3. The molecule has 0 fully saturated rings. The summed E-state index contributed by atoms with van der Waals surface area (Å²) >= 11 is 12.2. The van der Waals surface area contributed by atoms with Crippen LogP contribution in [0.4, 0.5) is 5.69 Å². The van der Waals surface area contributed by atoms with Gasteiger partial charge in [-0.05, 0) is 12.1 Å². The first kappa shape index (κ1) is 12.9. The fourth-order valence-corrected chi connectivity index (χ4v) is 2.21. The molecule has 1 N–H and O–H groups in total. The lowest BCUT2D eigenvalue weighted by atomic mass is 10.1. The van der Waals surface area contributed by atoms with Gasteiger partial charge >= 0.3 is 5.97 Å². The van der Waals surface area contributed by atoms with Crippen LogP contribution in [0.3, 0.4) is 0 Å². The van der Waals surface area contributed by atoms with E-state index in [0.29, 0.717) is 32.2 Å². The number of ether oxygens (including phenoxy) is 1. The Morgan fingerprint density at radius 3 is 2.61 bits per heavy atom. The van der Waals surface area contributed by atoms with Crippen LogP contribution in [0.5, 0.6) is 0 Å². The van der Waals surface area contributed by atoms with Crippen LogP contribution in [-0.2, 0) is 4.74 Å². The number of nitrogens with one attached hydrogen (secondary N) is 1. The summed E-state index contributed by atoms with van der Waals surface area (Å²) in [5, 5.41) is 4.49. The van der Waals surface area contributed by atoms with Crippen molar-refractivity contribution in [2.24, 2.45) is 0 Å². The van der Waals surface area contributed by atoms with Gasteiger partial charge in [-0.1, -0.05) is 23.2 Å². The van der Waals surface area contributed by atoms with Gasteiger partial charge in [0.05, 0.1) is 28.4 Å². The van der Waals surface area contributed by atoms with Gasteiger partial charge in [0, 0.05) is 18.6 Å². The zero-order valence-electron chi connectivity index (χ0n) is 9.75. The first-order valence-corrected chi connectivity index (χ1v) is 5.88. The highest BCUT2D eigenvalue weighted by Crippen LogP contribution is 2.35. The van der Waals surface area contributed by atoms with Crippen LogP contribution < -0.4 is 5.32 Å². The number of anilines is 1. The maximum absolute atomic E-state index is 11.7. The molecule has 4 nitrogen and oxygen atoms in total. The molecule has 94 valence electrons. The third kappa shape index (κ3) is 1.98. The lowest BCUT2D eigenvalue weighted by Crippen LogP contribution is -2.07. The van der Waals surface area contributed by atoms with Gasteiger partial charge in [-0.15, -0.1) is 0 Å². The molecule has 0 atom stereocenters. The second kappa shape index (κ2) is 5.00. The van der Waals surface area contributed by atoms with Gasteiger partial charge in [-0.25, -0.2) is 4.79 Å². The SMILES string of the molecule is CNc1c(C(=O)OC)cnc2c(Cl)ccc(Cl)c12.